The molecule has 0 atom stereocenters. The zero-order valence-electron chi connectivity index (χ0n) is 9.80. The van der Waals surface area contributed by atoms with Crippen LogP contribution >= 0.6 is 0 Å². The smallest absolute Gasteiger partial charge is 0.343 e. The number of carbonyl (C=O) groups excluding carboxylic acids is 1. The number of carbonyl (C=O) groups is 1. The van der Waals surface area contributed by atoms with Gasteiger partial charge in [-0.25, -0.2) is 4.79 Å². The van der Waals surface area contributed by atoms with E-state index >= 15 is 0 Å². The van der Waals surface area contributed by atoms with E-state index in [0.29, 0.717) is 11.3 Å². The van der Waals surface area contributed by atoms with Gasteiger partial charge in [-0.1, -0.05) is 0 Å². The molecule has 94 valence electrons. The highest BCUT2D eigenvalue weighted by atomic mass is 16.6. The molecule has 1 aliphatic rings. The van der Waals surface area contributed by atoms with E-state index in [1.165, 1.54) is 24.3 Å². The summed E-state index contributed by atoms with van der Waals surface area (Å²) in [6.07, 6.45) is 5.78. The van der Waals surface area contributed by atoms with E-state index in [4.69, 9.17) is 4.74 Å². The molecule has 0 unspecified atom stereocenters. The van der Waals surface area contributed by atoms with Crippen molar-refractivity contribution in [1.82, 2.24) is 0 Å². The molecule has 0 heterocycles. The van der Waals surface area contributed by atoms with Crippen LogP contribution in [0.1, 0.15) is 36.0 Å². The van der Waals surface area contributed by atoms with Gasteiger partial charge in [-0.05, 0) is 37.5 Å². The summed E-state index contributed by atoms with van der Waals surface area (Å²) in [5.74, 6) is 0.239. The number of hydrogen-bond donors (Lipinski definition) is 0. The number of hydrogen-bond acceptors (Lipinski definition) is 4. The first-order valence-corrected chi connectivity index (χ1v) is 5.82. The molecule has 18 heavy (non-hydrogen) atoms. The number of ether oxygens (including phenoxy) is 1. The maximum absolute atomic E-state index is 11.8. The molecule has 0 N–H and O–H groups in total. The zero-order valence-corrected chi connectivity index (χ0v) is 9.80. The van der Waals surface area contributed by atoms with Crippen molar-refractivity contribution in [3.8, 4) is 0 Å². The van der Waals surface area contributed by atoms with Crippen LogP contribution in [-0.4, -0.2) is 10.9 Å². The Hall–Kier alpha value is -2.17. The Balaban J connectivity index is 2.04. The largest absolute Gasteiger partial charge is 0.428 e. The molecule has 2 rings (SSSR count). The normalized spacial score (nSPS) is 14.8. The highest BCUT2D eigenvalue weighted by Crippen LogP contribution is 2.20. The van der Waals surface area contributed by atoms with Gasteiger partial charge in [0.15, 0.2) is 0 Å². The topological polar surface area (TPSA) is 69.4 Å². The summed E-state index contributed by atoms with van der Waals surface area (Å²) in [6.45, 7) is 0. The van der Waals surface area contributed by atoms with Gasteiger partial charge in [0, 0.05) is 18.6 Å². The molecule has 0 spiro atoms. The van der Waals surface area contributed by atoms with Gasteiger partial charge in [0.2, 0.25) is 0 Å². The molecule has 0 aliphatic heterocycles. The summed E-state index contributed by atoms with van der Waals surface area (Å²) in [7, 11) is 0. The van der Waals surface area contributed by atoms with Crippen molar-refractivity contribution in [2.45, 2.75) is 25.7 Å². The van der Waals surface area contributed by atoms with Crippen molar-refractivity contribution in [2.75, 3.05) is 0 Å². The van der Waals surface area contributed by atoms with Crippen LogP contribution in [0.15, 0.2) is 36.1 Å². The van der Waals surface area contributed by atoms with Gasteiger partial charge in [0.1, 0.15) is 5.76 Å². The molecule has 5 heteroatoms. The summed E-state index contributed by atoms with van der Waals surface area (Å²) in [5, 5.41) is 10.5. The van der Waals surface area contributed by atoms with E-state index in [0.717, 1.165) is 25.7 Å². The van der Waals surface area contributed by atoms with Gasteiger partial charge in [-0.3, -0.25) is 10.1 Å². The number of nitro benzene ring substituents is 1. The van der Waals surface area contributed by atoms with Gasteiger partial charge in [-0.15, -0.1) is 0 Å². The first-order valence-electron chi connectivity index (χ1n) is 5.82. The van der Waals surface area contributed by atoms with Crippen LogP contribution in [0.5, 0.6) is 0 Å². The number of nitrogens with zero attached hydrogens (tertiary/aromatic N) is 1. The highest BCUT2D eigenvalue weighted by molar-refractivity contribution is 5.90. The quantitative estimate of drug-likeness (QED) is 0.467. The predicted molar refractivity (Wildman–Crippen MR) is 65.1 cm³/mol. The molecule has 0 saturated carbocycles. The average Bonchev–Trinajstić information content (AvgIpc) is 2.40. The fourth-order valence-corrected chi connectivity index (χ4v) is 1.80. The van der Waals surface area contributed by atoms with Crippen LogP contribution in [-0.2, 0) is 4.74 Å². The SMILES string of the molecule is O=C(OC1=CCCCC1)c1ccc([N+](=O)[O-])cc1. The van der Waals surface area contributed by atoms with Crippen molar-refractivity contribution < 1.29 is 14.5 Å². The number of benzene rings is 1. The first-order chi connectivity index (χ1) is 8.66. The molecule has 5 nitrogen and oxygen atoms in total. The lowest BCUT2D eigenvalue weighted by atomic mass is 10.1. The standard InChI is InChI=1S/C13H13NO4/c15-13(18-12-4-2-1-3-5-12)10-6-8-11(9-7-10)14(16)17/h4,6-9H,1-3,5H2. The Bertz CT molecular complexity index is 490. The Morgan fingerprint density at radius 2 is 1.94 bits per heavy atom. The van der Waals surface area contributed by atoms with Crippen LogP contribution in [0.2, 0.25) is 0 Å². The molecular formula is C13H13NO4. The average molecular weight is 247 g/mol. The van der Waals surface area contributed by atoms with Crippen LogP contribution in [0.3, 0.4) is 0 Å². The minimum absolute atomic E-state index is 0.0385. The van der Waals surface area contributed by atoms with E-state index in [9.17, 15) is 14.9 Å². The summed E-state index contributed by atoms with van der Waals surface area (Å²) >= 11 is 0. The van der Waals surface area contributed by atoms with Gasteiger partial charge in [0.25, 0.3) is 5.69 Å². The van der Waals surface area contributed by atoms with E-state index in [2.05, 4.69) is 0 Å². The summed E-state index contributed by atoms with van der Waals surface area (Å²) in [5.41, 5.74) is 0.288. The zero-order chi connectivity index (χ0) is 13.0. The molecule has 0 aromatic heterocycles. The number of rotatable bonds is 3. The van der Waals surface area contributed by atoms with E-state index in [-0.39, 0.29) is 5.69 Å². The van der Waals surface area contributed by atoms with Gasteiger partial charge >= 0.3 is 5.97 Å². The number of non-ortho nitro benzene ring substituents is 1. The second-order valence-corrected chi connectivity index (χ2v) is 4.11. The van der Waals surface area contributed by atoms with Crippen LogP contribution in [0.4, 0.5) is 5.69 Å². The third-order valence-corrected chi connectivity index (χ3v) is 2.79. The maximum atomic E-state index is 11.8. The molecule has 0 radical (unpaired) electrons. The van der Waals surface area contributed by atoms with Crippen LogP contribution in [0.25, 0.3) is 0 Å². The van der Waals surface area contributed by atoms with Gasteiger partial charge < -0.3 is 4.74 Å². The van der Waals surface area contributed by atoms with Crippen molar-refractivity contribution in [1.29, 1.82) is 0 Å². The highest BCUT2D eigenvalue weighted by Gasteiger charge is 2.13. The van der Waals surface area contributed by atoms with E-state index in [1.807, 2.05) is 6.08 Å². The molecule has 1 aromatic rings. The molecule has 0 bridgehead atoms. The molecule has 1 aliphatic carbocycles. The monoisotopic (exact) mass is 247 g/mol. The summed E-state index contributed by atoms with van der Waals surface area (Å²) < 4.78 is 5.23. The minimum Gasteiger partial charge on any atom is -0.428 e. The van der Waals surface area contributed by atoms with Crippen molar-refractivity contribution >= 4 is 11.7 Å². The van der Waals surface area contributed by atoms with Crippen molar-refractivity contribution in [2.24, 2.45) is 0 Å². The number of nitro groups is 1. The fraction of sp³-hybridized carbons (Fsp3) is 0.308. The van der Waals surface area contributed by atoms with Gasteiger partial charge in [-0.2, -0.15) is 0 Å². The summed E-state index contributed by atoms with van der Waals surface area (Å²) in [6, 6.07) is 5.41. The Morgan fingerprint density at radius 1 is 1.22 bits per heavy atom. The third-order valence-electron chi connectivity index (χ3n) is 2.79. The fourth-order valence-electron chi connectivity index (χ4n) is 1.80. The predicted octanol–water partition coefficient (Wildman–Crippen LogP) is 3.21. The van der Waals surface area contributed by atoms with Crippen LogP contribution in [0, 0.1) is 10.1 Å². The summed E-state index contributed by atoms with van der Waals surface area (Å²) in [4.78, 5) is 21.7. The second-order valence-electron chi connectivity index (χ2n) is 4.11. The Morgan fingerprint density at radius 3 is 2.50 bits per heavy atom. The molecule has 1 aromatic carbocycles. The first kappa shape index (κ1) is 12.3. The lowest BCUT2D eigenvalue weighted by molar-refractivity contribution is -0.384. The third kappa shape index (κ3) is 2.94. The number of allylic oxidation sites excluding steroid dienone is 2. The van der Waals surface area contributed by atoms with Crippen molar-refractivity contribution in [3.05, 3.63) is 51.8 Å². The van der Waals surface area contributed by atoms with Gasteiger partial charge in [0.05, 0.1) is 10.5 Å². The second kappa shape index (κ2) is 5.44. The lowest BCUT2D eigenvalue weighted by Crippen LogP contribution is -2.07. The van der Waals surface area contributed by atoms with Crippen LogP contribution < -0.4 is 0 Å². The molecule has 0 fully saturated rings. The van der Waals surface area contributed by atoms with E-state index < -0.39 is 10.9 Å². The Labute approximate surface area is 104 Å². The lowest BCUT2D eigenvalue weighted by Gasteiger charge is -2.12. The molecule has 0 amide bonds. The number of esters is 1. The van der Waals surface area contributed by atoms with E-state index in [1.54, 1.807) is 0 Å². The molecular weight excluding hydrogens is 234 g/mol. The Kier molecular flexibility index (Phi) is 3.72. The maximum Gasteiger partial charge on any atom is 0.343 e. The van der Waals surface area contributed by atoms with Crippen molar-refractivity contribution in [3.63, 3.8) is 0 Å². The minimum atomic E-state index is -0.501. The molecule has 0 saturated heterocycles.